The number of phenols is 3. The molecule has 0 bridgehead atoms. The van der Waals surface area contributed by atoms with Gasteiger partial charge in [0.2, 0.25) is 0 Å². The standard InChI is InChI=1S/C25H34O5/c1-2-3-4-5-6-7-8-9-10-11-14-19-21(26)16-13-18-23(19)30-25(29)20-15-12-17-22(27)24(20)28/h12-13,15-18,26-28H,2-11,14H2,1H3. The highest BCUT2D eigenvalue weighted by atomic mass is 16.5. The Labute approximate surface area is 179 Å². The first kappa shape index (κ1) is 23.6. The maximum Gasteiger partial charge on any atom is 0.347 e. The van der Waals surface area contributed by atoms with Gasteiger partial charge < -0.3 is 20.1 Å². The van der Waals surface area contributed by atoms with Crippen LogP contribution in [0.1, 0.15) is 87.1 Å². The summed E-state index contributed by atoms with van der Waals surface area (Å²) in [6.45, 7) is 2.23. The molecule has 2 aromatic carbocycles. The molecule has 164 valence electrons. The van der Waals surface area contributed by atoms with Crippen LogP contribution >= 0.6 is 0 Å². The number of unbranched alkanes of at least 4 members (excludes halogenated alkanes) is 9. The Kier molecular flexibility index (Phi) is 10.1. The van der Waals surface area contributed by atoms with E-state index in [0.717, 1.165) is 19.3 Å². The molecule has 5 heteroatoms. The van der Waals surface area contributed by atoms with Crippen molar-refractivity contribution in [3.8, 4) is 23.0 Å². The number of aromatic hydroxyl groups is 3. The molecule has 0 amide bonds. The summed E-state index contributed by atoms with van der Waals surface area (Å²) in [4.78, 5) is 12.4. The minimum absolute atomic E-state index is 0.0938. The van der Waals surface area contributed by atoms with Crippen LogP contribution in [0, 0.1) is 0 Å². The zero-order valence-corrected chi connectivity index (χ0v) is 17.9. The van der Waals surface area contributed by atoms with Crippen molar-refractivity contribution in [2.45, 2.75) is 77.6 Å². The van der Waals surface area contributed by atoms with Gasteiger partial charge >= 0.3 is 5.97 Å². The third kappa shape index (κ3) is 7.29. The minimum atomic E-state index is -0.779. The Morgan fingerprint density at radius 3 is 2.00 bits per heavy atom. The van der Waals surface area contributed by atoms with Gasteiger partial charge in [0.05, 0.1) is 0 Å². The van der Waals surface area contributed by atoms with Crippen molar-refractivity contribution in [1.82, 2.24) is 0 Å². The third-order valence-electron chi connectivity index (χ3n) is 5.33. The Hall–Kier alpha value is -2.69. The average molecular weight is 415 g/mol. The molecule has 0 heterocycles. The number of carbonyl (C=O) groups excluding carboxylic acids is 1. The number of ether oxygens (including phenoxy) is 1. The lowest BCUT2D eigenvalue weighted by atomic mass is 10.0. The van der Waals surface area contributed by atoms with Crippen LogP contribution in [0.15, 0.2) is 36.4 Å². The van der Waals surface area contributed by atoms with E-state index >= 15 is 0 Å². The molecule has 0 aromatic heterocycles. The third-order valence-corrected chi connectivity index (χ3v) is 5.33. The lowest BCUT2D eigenvalue weighted by Gasteiger charge is -2.12. The molecule has 0 aliphatic heterocycles. The molecule has 0 fully saturated rings. The number of benzene rings is 2. The van der Waals surface area contributed by atoms with Crippen molar-refractivity contribution in [1.29, 1.82) is 0 Å². The van der Waals surface area contributed by atoms with E-state index in [2.05, 4.69) is 6.92 Å². The zero-order chi connectivity index (χ0) is 21.8. The molecule has 30 heavy (non-hydrogen) atoms. The van der Waals surface area contributed by atoms with Crippen molar-refractivity contribution in [3.05, 3.63) is 47.5 Å². The highest BCUT2D eigenvalue weighted by Crippen LogP contribution is 2.32. The average Bonchev–Trinajstić information content (AvgIpc) is 2.73. The molecule has 0 spiro atoms. The highest BCUT2D eigenvalue weighted by molar-refractivity contribution is 5.94. The smallest absolute Gasteiger partial charge is 0.347 e. The normalized spacial score (nSPS) is 10.8. The van der Waals surface area contributed by atoms with Gasteiger partial charge in [0.1, 0.15) is 17.1 Å². The second-order valence-electron chi connectivity index (χ2n) is 7.75. The Balaban J connectivity index is 1.83. The SMILES string of the molecule is CCCCCCCCCCCCc1c(O)cccc1OC(=O)c1cccc(O)c1O. The van der Waals surface area contributed by atoms with Crippen LogP contribution < -0.4 is 4.74 Å². The van der Waals surface area contributed by atoms with E-state index < -0.39 is 11.7 Å². The van der Waals surface area contributed by atoms with Crippen molar-refractivity contribution in [3.63, 3.8) is 0 Å². The van der Waals surface area contributed by atoms with Crippen molar-refractivity contribution in [2.24, 2.45) is 0 Å². The van der Waals surface area contributed by atoms with E-state index in [-0.39, 0.29) is 22.8 Å². The quantitative estimate of drug-likeness (QED) is 0.151. The Morgan fingerprint density at radius 1 is 0.767 bits per heavy atom. The van der Waals surface area contributed by atoms with Crippen molar-refractivity contribution >= 4 is 5.97 Å². The lowest BCUT2D eigenvalue weighted by molar-refractivity contribution is 0.0729. The molecular formula is C25H34O5. The van der Waals surface area contributed by atoms with Crippen LogP contribution in [0.5, 0.6) is 23.0 Å². The van der Waals surface area contributed by atoms with Gasteiger partial charge in [-0.25, -0.2) is 4.79 Å². The predicted octanol–water partition coefficient (Wildman–Crippen LogP) is 6.49. The monoisotopic (exact) mass is 414 g/mol. The Morgan fingerprint density at radius 2 is 1.33 bits per heavy atom. The number of rotatable bonds is 13. The Bertz CT molecular complexity index is 800. The van der Waals surface area contributed by atoms with Gasteiger partial charge in [0.25, 0.3) is 0 Å². The van der Waals surface area contributed by atoms with Crippen LogP contribution in [0.2, 0.25) is 0 Å². The maximum atomic E-state index is 12.4. The molecule has 0 aliphatic carbocycles. The molecule has 0 saturated carbocycles. The molecular weight excluding hydrogens is 380 g/mol. The number of phenolic OH excluding ortho intramolecular Hbond substituents is 3. The summed E-state index contributed by atoms with van der Waals surface area (Å²) < 4.78 is 5.42. The first-order valence-electron chi connectivity index (χ1n) is 11.1. The fraction of sp³-hybridized carbons (Fsp3) is 0.480. The highest BCUT2D eigenvalue weighted by Gasteiger charge is 2.18. The first-order chi connectivity index (χ1) is 14.5. The molecule has 0 saturated heterocycles. The molecule has 0 radical (unpaired) electrons. The number of carbonyl (C=O) groups is 1. The van der Waals surface area contributed by atoms with Crippen LogP contribution in [0.3, 0.4) is 0 Å². The second kappa shape index (κ2) is 12.8. The largest absolute Gasteiger partial charge is 0.508 e. The molecule has 0 atom stereocenters. The molecule has 3 N–H and O–H groups in total. The number of esters is 1. The van der Waals surface area contributed by atoms with Crippen LogP contribution in [-0.4, -0.2) is 21.3 Å². The van der Waals surface area contributed by atoms with Crippen LogP contribution in [0.4, 0.5) is 0 Å². The van der Waals surface area contributed by atoms with E-state index in [1.165, 1.54) is 63.1 Å². The van der Waals surface area contributed by atoms with Gasteiger partial charge in [-0.3, -0.25) is 0 Å². The van der Waals surface area contributed by atoms with Crippen LogP contribution in [-0.2, 0) is 6.42 Å². The number of hydrogen-bond donors (Lipinski definition) is 3. The maximum absolute atomic E-state index is 12.4. The zero-order valence-electron chi connectivity index (χ0n) is 17.9. The van der Waals surface area contributed by atoms with Gasteiger partial charge in [0, 0.05) is 5.56 Å². The summed E-state index contributed by atoms with van der Waals surface area (Å²) in [5.74, 6) is -1.31. The summed E-state index contributed by atoms with van der Waals surface area (Å²) in [6.07, 6.45) is 12.8. The number of hydrogen-bond acceptors (Lipinski definition) is 5. The summed E-state index contributed by atoms with van der Waals surface area (Å²) in [6, 6.07) is 8.94. The van der Waals surface area contributed by atoms with Crippen molar-refractivity contribution < 1.29 is 24.9 Å². The molecule has 5 nitrogen and oxygen atoms in total. The molecule has 2 aromatic rings. The van der Waals surface area contributed by atoms with E-state index in [9.17, 15) is 20.1 Å². The van der Waals surface area contributed by atoms with Gasteiger partial charge in [-0.1, -0.05) is 76.8 Å². The molecule has 0 unspecified atom stereocenters. The summed E-state index contributed by atoms with van der Waals surface area (Å²) in [7, 11) is 0. The van der Waals surface area contributed by atoms with E-state index in [0.29, 0.717) is 12.0 Å². The predicted molar refractivity (Wildman–Crippen MR) is 118 cm³/mol. The fourth-order valence-corrected chi connectivity index (χ4v) is 3.54. The summed E-state index contributed by atoms with van der Waals surface area (Å²) in [5, 5.41) is 29.7. The first-order valence-corrected chi connectivity index (χ1v) is 11.1. The van der Waals surface area contributed by atoms with E-state index in [1.54, 1.807) is 18.2 Å². The lowest BCUT2D eigenvalue weighted by Crippen LogP contribution is -2.10. The second-order valence-corrected chi connectivity index (χ2v) is 7.75. The van der Waals surface area contributed by atoms with Gasteiger partial charge in [-0.2, -0.15) is 0 Å². The minimum Gasteiger partial charge on any atom is -0.508 e. The topological polar surface area (TPSA) is 87.0 Å². The summed E-state index contributed by atoms with van der Waals surface area (Å²) in [5.41, 5.74) is 0.466. The van der Waals surface area contributed by atoms with Crippen LogP contribution in [0.25, 0.3) is 0 Å². The van der Waals surface area contributed by atoms with Crippen molar-refractivity contribution in [2.75, 3.05) is 0 Å². The molecule has 2 rings (SSSR count). The van der Waals surface area contributed by atoms with Gasteiger partial charge in [-0.15, -0.1) is 0 Å². The van der Waals surface area contributed by atoms with E-state index in [4.69, 9.17) is 4.74 Å². The summed E-state index contributed by atoms with van der Waals surface area (Å²) >= 11 is 0. The fourth-order valence-electron chi connectivity index (χ4n) is 3.54. The molecule has 0 aliphatic rings. The van der Waals surface area contributed by atoms with E-state index in [1.807, 2.05) is 0 Å². The van der Waals surface area contributed by atoms with Gasteiger partial charge in [-0.05, 0) is 37.1 Å². The van der Waals surface area contributed by atoms with Gasteiger partial charge in [0.15, 0.2) is 11.5 Å². The number of para-hydroxylation sites is 1.